The van der Waals surface area contributed by atoms with E-state index in [0.717, 1.165) is 65.5 Å². The Kier molecular flexibility index (Phi) is 9.15. The van der Waals surface area contributed by atoms with Crippen LogP contribution in [0.25, 0.3) is 16.8 Å². The number of rotatable bonds is 8. The van der Waals surface area contributed by atoms with E-state index in [4.69, 9.17) is 30.7 Å². The van der Waals surface area contributed by atoms with E-state index in [2.05, 4.69) is 51.0 Å². The Morgan fingerprint density at radius 2 is 2.00 bits per heavy atom. The van der Waals surface area contributed by atoms with Crippen LogP contribution in [-0.4, -0.2) is 89.1 Å². The Morgan fingerprint density at radius 3 is 2.77 bits per heavy atom. The molecule has 0 N–H and O–H groups in total. The van der Waals surface area contributed by atoms with Gasteiger partial charge in [-0.15, -0.1) is 0 Å². The number of anilines is 2. The number of ether oxygens (including phenoxy) is 1. The van der Waals surface area contributed by atoms with E-state index in [9.17, 15) is 10.1 Å². The first kappa shape index (κ1) is 31.8. The number of hydrogen-bond donors (Lipinski definition) is 0. The van der Waals surface area contributed by atoms with Crippen LogP contribution in [0.15, 0.2) is 59.1 Å². The number of piperazine rings is 1. The molecule has 0 bridgehead atoms. The maximum Gasteiger partial charge on any atom is 0.318 e. The molecule has 0 saturated carbocycles. The molecular formula is C35H36ClFN8O3. The van der Waals surface area contributed by atoms with Gasteiger partial charge in [-0.1, -0.05) is 35.9 Å². The number of oxazole rings is 1. The zero-order valence-corrected chi connectivity index (χ0v) is 27.4. The van der Waals surface area contributed by atoms with Gasteiger partial charge in [0.1, 0.15) is 18.7 Å². The molecule has 13 heteroatoms. The number of nitrogens with zero attached hydrogens (tertiary/aromatic N) is 8. The van der Waals surface area contributed by atoms with Gasteiger partial charge in [0.25, 0.3) is 5.91 Å². The third kappa shape index (κ3) is 6.40. The minimum Gasteiger partial charge on any atom is -0.462 e. The van der Waals surface area contributed by atoms with Gasteiger partial charge in [0, 0.05) is 54.9 Å². The molecular weight excluding hydrogens is 635 g/mol. The van der Waals surface area contributed by atoms with Gasteiger partial charge in [0.15, 0.2) is 5.83 Å². The maximum absolute atomic E-state index is 15.0. The molecule has 0 aliphatic carbocycles. The van der Waals surface area contributed by atoms with Crippen molar-refractivity contribution in [2.24, 2.45) is 0 Å². The van der Waals surface area contributed by atoms with Crippen molar-refractivity contribution >= 4 is 45.9 Å². The molecule has 2 atom stereocenters. The monoisotopic (exact) mass is 670 g/mol. The SMILES string of the molecule is CN1CCC[C@H]1COc1nc2c(c(N3CCN(C(=O)/C(F)=C/c4ncco4)[C@@H](CC#N)C3)n1)CCN(c1cccc3cccc(Cl)c13)C2. The smallest absolute Gasteiger partial charge is 0.318 e. The van der Waals surface area contributed by atoms with Crippen molar-refractivity contribution in [3.63, 3.8) is 0 Å². The number of likely N-dealkylation sites (N-methyl/N-ethyl adjacent to an activating group) is 1. The van der Waals surface area contributed by atoms with Gasteiger partial charge < -0.3 is 28.8 Å². The molecule has 48 heavy (non-hydrogen) atoms. The minimum atomic E-state index is -0.991. The molecule has 3 aliphatic heterocycles. The lowest BCUT2D eigenvalue weighted by molar-refractivity contribution is -0.131. The average Bonchev–Trinajstić information content (AvgIpc) is 3.77. The Labute approximate surface area is 283 Å². The number of carbonyl (C=O) groups excluding carboxylic acids is 1. The summed E-state index contributed by atoms with van der Waals surface area (Å²) in [5.41, 5.74) is 2.91. The van der Waals surface area contributed by atoms with Crippen LogP contribution in [0.5, 0.6) is 6.01 Å². The summed E-state index contributed by atoms with van der Waals surface area (Å²) in [6, 6.07) is 14.3. The van der Waals surface area contributed by atoms with E-state index in [0.29, 0.717) is 43.7 Å². The standard InChI is InChI=1S/C35H36ClFN8O3/c1-42-14-4-7-25(42)22-48-35-40-29-21-43(30-9-3-6-23-5-2-8-27(36)32(23)30)15-11-26(29)33(41-35)44-16-17-45(24(20-44)10-12-38)34(46)28(37)19-31-39-13-18-47-31/h2-3,5-6,8-9,13,18-19,24-25H,4,7,10-11,14-17,20-22H2,1H3/b28-19-/t24-,25-/m0/s1. The van der Waals surface area contributed by atoms with Gasteiger partial charge in [-0.25, -0.2) is 9.37 Å². The molecule has 1 amide bonds. The average molecular weight is 671 g/mol. The molecule has 0 radical (unpaired) electrons. The Balaban J connectivity index is 1.19. The lowest BCUT2D eigenvalue weighted by atomic mass is 10.0. The summed E-state index contributed by atoms with van der Waals surface area (Å²) in [6.45, 7) is 3.68. The van der Waals surface area contributed by atoms with Crippen LogP contribution in [0.1, 0.15) is 36.4 Å². The number of nitriles is 1. The molecule has 248 valence electrons. The van der Waals surface area contributed by atoms with Crippen molar-refractivity contribution in [3.05, 3.63) is 76.9 Å². The quantitative estimate of drug-likeness (QED) is 0.230. The van der Waals surface area contributed by atoms with Crippen LogP contribution in [0.3, 0.4) is 0 Å². The van der Waals surface area contributed by atoms with E-state index in [1.54, 1.807) is 0 Å². The zero-order valence-electron chi connectivity index (χ0n) is 26.7. The number of hydrogen-bond acceptors (Lipinski definition) is 10. The van der Waals surface area contributed by atoms with Gasteiger partial charge in [0.2, 0.25) is 5.89 Å². The summed E-state index contributed by atoms with van der Waals surface area (Å²) in [7, 11) is 2.10. The van der Waals surface area contributed by atoms with Gasteiger partial charge in [-0.05, 0) is 50.4 Å². The molecule has 0 spiro atoms. The molecule has 3 aliphatic rings. The molecule has 2 aromatic heterocycles. The Bertz CT molecular complexity index is 1870. The normalized spacial score (nSPS) is 20.2. The first-order valence-electron chi connectivity index (χ1n) is 16.2. The van der Waals surface area contributed by atoms with Crippen molar-refractivity contribution in [3.8, 4) is 12.1 Å². The predicted octanol–water partition coefficient (Wildman–Crippen LogP) is 5.25. The summed E-state index contributed by atoms with van der Waals surface area (Å²) >= 11 is 6.71. The fourth-order valence-corrected chi connectivity index (χ4v) is 7.31. The molecule has 4 aromatic rings. The van der Waals surface area contributed by atoms with Gasteiger partial charge in [-0.2, -0.15) is 15.2 Å². The second kappa shape index (κ2) is 13.8. The third-order valence-electron chi connectivity index (χ3n) is 9.55. The van der Waals surface area contributed by atoms with Gasteiger partial charge >= 0.3 is 6.01 Å². The number of likely N-dealkylation sites (tertiary alicyclic amines) is 1. The van der Waals surface area contributed by atoms with E-state index in [1.165, 1.54) is 17.4 Å². The fraction of sp³-hybridized carbons (Fsp3) is 0.400. The van der Waals surface area contributed by atoms with Crippen molar-refractivity contribution in [2.75, 3.05) is 56.2 Å². The lowest BCUT2D eigenvalue weighted by Gasteiger charge is -2.42. The van der Waals surface area contributed by atoms with Crippen molar-refractivity contribution in [2.45, 2.75) is 44.3 Å². The Hall–Kier alpha value is -4.73. The summed E-state index contributed by atoms with van der Waals surface area (Å²) < 4.78 is 26.4. The second-order valence-electron chi connectivity index (χ2n) is 12.5. The summed E-state index contributed by atoms with van der Waals surface area (Å²) in [5.74, 6) is -1.06. The van der Waals surface area contributed by atoms with E-state index >= 15 is 4.39 Å². The van der Waals surface area contributed by atoms with Crippen LogP contribution >= 0.6 is 11.6 Å². The first-order chi connectivity index (χ1) is 23.4. The van der Waals surface area contributed by atoms with Crippen LogP contribution in [-0.2, 0) is 17.8 Å². The van der Waals surface area contributed by atoms with E-state index in [1.807, 2.05) is 18.2 Å². The van der Waals surface area contributed by atoms with Crippen molar-refractivity contribution in [1.29, 1.82) is 5.26 Å². The van der Waals surface area contributed by atoms with E-state index in [-0.39, 0.29) is 24.9 Å². The zero-order chi connectivity index (χ0) is 33.2. The highest BCUT2D eigenvalue weighted by atomic mass is 35.5. The van der Waals surface area contributed by atoms with Crippen molar-refractivity contribution in [1.82, 2.24) is 24.8 Å². The van der Waals surface area contributed by atoms with Crippen LogP contribution in [0, 0.1) is 11.3 Å². The highest BCUT2D eigenvalue weighted by Gasteiger charge is 2.35. The number of amides is 1. The molecule has 7 rings (SSSR count). The van der Waals surface area contributed by atoms with Gasteiger partial charge in [0.05, 0.1) is 42.0 Å². The number of halogens is 2. The highest BCUT2D eigenvalue weighted by Crippen LogP contribution is 2.37. The van der Waals surface area contributed by atoms with Crippen molar-refractivity contribution < 1.29 is 18.3 Å². The maximum atomic E-state index is 15.0. The molecule has 2 saturated heterocycles. The summed E-state index contributed by atoms with van der Waals surface area (Å²) in [5, 5.41) is 12.5. The largest absolute Gasteiger partial charge is 0.462 e. The lowest BCUT2D eigenvalue weighted by Crippen LogP contribution is -2.56. The molecule has 5 heterocycles. The predicted molar refractivity (Wildman–Crippen MR) is 180 cm³/mol. The highest BCUT2D eigenvalue weighted by molar-refractivity contribution is 6.36. The van der Waals surface area contributed by atoms with Crippen LogP contribution in [0.4, 0.5) is 15.9 Å². The number of fused-ring (bicyclic) bond motifs is 2. The first-order valence-corrected chi connectivity index (χ1v) is 16.6. The number of carbonyl (C=O) groups is 1. The molecule has 11 nitrogen and oxygen atoms in total. The summed E-state index contributed by atoms with van der Waals surface area (Å²) in [6.07, 6.45) is 6.55. The minimum absolute atomic E-state index is 0.0000695. The second-order valence-corrected chi connectivity index (χ2v) is 12.9. The van der Waals surface area contributed by atoms with Crippen LogP contribution < -0.4 is 14.5 Å². The molecule has 2 fully saturated rings. The Morgan fingerprint density at radius 1 is 1.15 bits per heavy atom. The molecule has 0 unspecified atom stereocenters. The topological polar surface area (TPSA) is 115 Å². The van der Waals surface area contributed by atoms with Gasteiger partial charge in [-0.3, -0.25) is 4.79 Å². The molecule has 2 aromatic carbocycles. The third-order valence-corrected chi connectivity index (χ3v) is 9.86. The number of benzene rings is 2. The number of aromatic nitrogens is 3. The van der Waals surface area contributed by atoms with E-state index < -0.39 is 17.8 Å². The van der Waals surface area contributed by atoms with Crippen LogP contribution in [0.2, 0.25) is 5.02 Å². The fourth-order valence-electron chi connectivity index (χ4n) is 7.03. The summed E-state index contributed by atoms with van der Waals surface area (Å²) in [4.78, 5) is 35.0.